The highest BCUT2D eigenvalue weighted by atomic mass is 28.4. The molecule has 5 rings (SSSR count). The maximum absolute atomic E-state index is 11.2. The second-order valence-corrected chi connectivity index (χ2v) is 21.0. The summed E-state index contributed by atoms with van der Waals surface area (Å²) in [5, 5.41) is 44.2. The van der Waals surface area contributed by atoms with E-state index in [9.17, 15) is 20.4 Å². The fraction of sp³-hybridized carbons (Fsp3) is 0.467. The maximum Gasteiger partial charge on any atom is 0.500 e. The lowest BCUT2D eigenvalue weighted by atomic mass is 9.67. The van der Waals surface area contributed by atoms with E-state index in [1.807, 2.05) is 48.5 Å². The molecule has 322 valence electrons. The number of hydrogen-bond donors (Lipinski definition) is 4. The monoisotopic (exact) mass is 850 g/mol. The molecule has 0 aliphatic heterocycles. The lowest BCUT2D eigenvalue weighted by molar-refractivity contribution is 0.0309. The van der Waals surface area contributed by atoms with Crippen LogP contribution in [0.5, 0.6) is 11.5 Å². The minimum absolute atomic E-state index is 0.150. The Morgan fingerprint density at radius 3 is 1.27 bits per heavy atom. The summed E-state index contributed by atoms with van der Waals surface area (Å²) in [6.45, 7) is 1.16. The number of ether oxygens (including phenoxy) is 2. The predicted octanol–water partition coefficient (Wildman–Crippen LogP) is 6.62. The molecule has 1 aliphatic carbocycles. The molecule has 0 aromatic heterocycles. The van der Waals surface area contributed by atoms with Crippen LogP contribution in [0.25, 0.3) is 11.1 Å². The number of fused-ring (bicyclic) bond motifs is 3. The molecule has 0 heterocycles. The zero-order valence-corrected chi connectivity index (χ0v) is 37.3. The minimum Gasteiger partial charge on any atom is -0.508 e. The van der Waals surface area contributed by atoms with Crippen molar-refractivity contribution < 1.29 is 56.5 Å². The van der Waals surface area contributed by atoms with Gasteiger partial charge in [-0.2, -0.15) is 0 Å². The Bertz CT molecular complexity index is 1760. The van der Waals surface area contributed by atoms with Gasteiger partial charge in [0.15, 0.2) is 0 Å². The number of aliphatic hydroxyl groups excluding tert-OH is 2. The molecule has 4 aromatic carbocycles. The second-order valence-electron chi connectivity index (χ2n) is 14.9. The Balaban J connectivity index is 1.35. The van der Waals surface area contributed by atoms with Gasteiger partial charge in [-0.15, -0.1) is 0 Å². The van der Waals surface area contributed by atoms with Crippen LogP contribution in [0.15, 0.2) is 84.9 Å². The molecular weight excluding hydrogens is 789 g/mol. The van der Waals surface area contributed by atoms with Crippen LogP contribution in [-0.2, 0) is 54.3 Å². The molecule has 1 aliphatic rings. The van der Waals surface area contributed by atoms with E-state index in [2.05, 4.69) is 24.3 Å². The van der Waals surface area contributed by atoms with E-state index >= 15 is 0 Å². The SMILES string of the molecule is CO[Si](CCCOCC(O)CCc1cc(C2(c3ccc(O)c(CCC(O)COCCC[Si](OC)(OC)OC)c3)c3ccccc3-c3ccccc32)ccc1O)(OC)OC. The molecule has 0 fully saturated rings. The number of aromatic hydroxyl groups is 2. The van der Waals surface area contributed by atoms with E-state index in [1.165, 1.54) is 0 Å². The first-order chi connectivity index (χ1) is 28.6. The summed E-state index contributed by atoms with van der Waals surface area (Å²) in [5.74, 6) is 0.299. The summed E-state index contributed by atoms with van der Waals surface area (Å²) in [6, 6.07) is 29.4. The normalized spacial score (nSPS) is 14.6. The number of aliphatic hydroxyl groups is 2. The largest absolute Gasteiger partial charge is 0.508 e. The van der Waals surface area contributed by atoms with E-state index in [1.54, 1.807) is 54.8 Å². The van der Waals surface area contributed by atoms with Crippen molar-refractivity contribution in [1.82, 2.24) is 0 Å². The van der Waals surface area contributed by atoms with Crippen molar-refractivity contribution in [2.75, 3.05) is 69.1 Å². The zero-order chi connectivity index (χ0) is 42.5. The van der Waals surface area contributed by atoms with Crippen molar-refractivity contribution >= 4 is 17.6 Å². The fourth-order valence-corrected chi connectivity index (χ4v) is 11.6. The second kappa shape index (κ2) is 21.9. The van der Waals surface area contributed by atoms with Gasteiger partial charge in [0.1, 0.15) is 11.5 Å². The third kappa shape index (κ3) is 10.7. The molecule has 4 N–H and O–H groups in total. The molecule has 12 nitrogen and oxygen atoms in total. The van der Waals surface area contributed by atoms with Crippen LogP contribution in [0.2, 0.25) is 12.1 Å². The van der Waals surface area contributed by atoms with Gasteiger partial charge in [-0.1, -0.05) is 72.8 Å². The number of hydrogen-bond acceptors (Lipinski definition) is 12. The summed E-state index contributed by atoms with van der Waals surface area (Å²) in [4.78, 5) is 0. The van der Waals surface area contributed by atoms with Crippen molar-refractivity contribution in [2.24, 2.45) is 0 Å². The highest BCUT2D eigenvalue weighted by molar-refractivity contribution is 6.60. The van der Waals surface area contributed by atoms with Crippen molar-refractivity contribution in [3.63, 3.8) is 0 Å². The molecule has 0 bridgehead atoms. The minimum atomic E-state index is -2.69. The number of phenols is 2. The van der Waals surface area contributed by atoms with Crippen LogP contribution >= 0.6 is 0 Å². The maximum atomic E-state index is 11.2. The predicted molar refractivity (Wildman–Crippen MR) is 230 cm³/mol. The molecule has 0 amide bonds. The molecular formula is C45H62O12Si2. The third-order valence-electron chi connectivity index (χ3n) is 11.5. The van der Waals surface area contributed by atoms with Crippen LogP contribution < -0.4 is 0 Å². The van der Waals surface area contributed by atoms with Crippen molar-refractivity contribution in [1.29, 1.82) is 0 Å². The van der Waals surface area contributed by atoms with Crippen LogP contribution in [0.1, 0.15) is 59.1 Å². The lowest BCUT2D eigenvalue weighted by Crippen LogP contribution is -2.42. The van der Waals surface area contributed by atoms with Crippen LogP contribution in [-0.4, -0.2) is 119 Å². The Labute approximate surface area is 351 Å². The summed E-state index contributed by atoms with van der Waals surface area (Å²) in [7, 11) is 4.12. The average molecular weight is 851 g/mol. The van der Waals surface area contributed by atoms with Crippen molar-refractivity contribution in [3.05, 3.63) is 118 Å². The quantitative estimate of drug-likeness (QED) is 0.0350. The lowest BCUT2D eigenvalue weighted by Gasteiger charge is -2.34. The van der Waals surface area contributed by atoms with E-state index in [4.69, 9.17) is 36.0 Å². The van der Waals surface area contributed by atoms with Gasteiger partial charge < -0.3 is 56.5 Å². The number of rotatable bonds is 26. The summed E-state index contributed by atoms with van der Waals surface area (Å²) >= 11 is 0. The highest BCUT2D eigenvalue weighted by Gasteiger charge is 2.46. The number of phenolic OH excluding ortho intramolecular Hbond substituents is 2. The van der Waals surface area contributed by atoms with E-state index in [0.29, 0.717) is 75.0 Å². The topological polar surface area (TPSA) is 155 Å². The van der Waals surface area contributed by atoms with E-state index in [-0.39, 0.29) is 24.7 Å². The van der Waals surface area contributed by atoms with Crippen LogP contribution in [0.4, 0.5) is 0 Å². The van der Waals surface area contributed by atoms with Gasteiger partial charge in [-0.05, 0) is 95.2 Å². The zero-order valence-electron chi connectivity index (χ0n) is 35.3. The summed E-state index contributed by atoms with van der Waals surface area (Å²) in [5.41, 5.74) is 6.90. The third-order valence-corrected chi connectivity index (χ3v) is 17.2. The van der Waals surface area contributed by atoms with Gasteiger partial charge in [0.25, 0.3) is 0 Å². The average Bonchev–Trinajstić information content (AvgIpc) is 3.57. The molecule has 0 radical (unpaired) electrons. The standard InChI is InChI=1S/C45H62O12Si2/c1-50-58(51-2,52-3)27-11-25-56-31-37(46)21-17-33-29-35(19-23-43(33)48)45(41-15-9-7-13-39(41)40-14-8-10-16-42(40)45)36-20-24-44(49)34(30-36)18-22-38(47)32-57-26-12-28-59(53-4,54-5)55-6/h7-10,13-16,19-20,23-24,29-30,37-38,46-49H,11-12,17-18,21-22,25-28,31-32H2,1-6H3. The Hall–Kier alpha value is -3.49. The van der Waals surface area contributed by atoms with Crippen LogP contribution in [0.3, 0.4) is 0 Å². The van der Waals surface area contributed by atoms with Gasteiger partial charge in [-0.25, -0.2) is 0 Å². The number of benzene rings is 4. The molecule has 14 heteroatoms. The van der Waals surface area contributed by atoms with Crippen molar-refractivity contribution in [3.8, 4) is 22.6 Å². The van der Waals surface area contributed by atoms with Gasteiger partial charge in [0.2, 0.25) is 0 Å². The summed E-state index contributed by atoms with van der Waals surface area (Å²) in [6.07, 6.45) is 1.47. The first-order valence-electron chi connectivity index (χ1n) is 20.2. The van der Waals surface area contributed by atoms with Crippen LogP contribution in [0, 0.1) is 0 Å². The molecule has 2 unspecified atom stereocenters. The highest BCUT2D eigenvalue weighted by Crippen LogP contribution is 2.56. The first kappa shape index (κ1) is 46.6. The Morgan fingerprint density at radius 1 is 0.525 bits per heavy atom. The molecule has 2 atom stereocenters. The number of aryl methyl sites for hydroxylation is 2. The molecule has 0 saturated heterocycles. The first-order valence-corrected chi connectivity index (χ1v) is 24.1. The smallest absolute Gasteiger partial charge is 0.500 e. The molecule has 0 spiro atoms. The van der Waals surface area contributed by atoms with Gasteiger partial charge in [0, 0.05) is 68.0 Å². The molecule has 0 saturated carbocycles. The fourth-order valence-electron chi connectivity index (χ4n) is 8.21. The van der Waals surface area contributed by atoms with Crippen molar-refractivity contribution in [2.45, 2.75) is 68.2 Å². The van der Waals surface area contributed by atoms with Gasteiger partial charge in [0.05, 0.1) is 30.8 Å². The Kier molecular flexibility index (Phi) is 17.3. The summed E-state index contributed by atoms with van der Waals surface area (Å²) < 4.78 is 44.5. The Morgan fingerprint density at radius 2 is 0.898 bits per heavy atom. The van der Waals surface area contributed by atoms with Gasteiger partial charge in [-0.3, -0.25) is 0 Å². The van der Waals surface area contributed by atoms with E-state index < -0.39 is 35.2 Å². The van der Waals surface area contributed by atoms with Gasteiger partial charge >= 0.3 is 17.6 Å². The molecule has 4 aromatic rings. The molecule has 59 heavy (non-hydrogen) atoms. The van der Waals surface area contributed by atoms with E-state index in [0.717, 1.165) is 33.4 Å².